The highest BCUT2D eigenvalue weighted by molar-refractivity contribution is 9.10. The largest absolute Gasteiger partial charge is 0.458 e. The van der Waals surface area contributed by atoms with E-state index in [0.717, 1.165) is 25.9 Å². The predicted octanol–water partition coefficient (Wildman–Crippen LogP) is 4.65. The molecule has 0 fully saturated rings. The maximum atomic E-state index is 10.3. The van der Waals surface area contributed by atoms with E-state index in [2.05, 4.69) is 15.9 Å². The van der Waals surface area contributed by atoms with E-state index in [-0.39, 0.29) is 0 Å². The summed E-state index contributed by atoms with van der Waals surface area (Å²) in [4.78, 5) is 0.867. The number of rotatable bonds is 2. The van der Waals surface area contributed by atoms with Crippen LogP contribution in [0, 0.1) is 6.92 Å². The monoisotopic (exact) mass is 322 g/mol. The van der Waals surface area contributed by atoms with Crippen molar-refractivity contribution in [3.8, 4) is 0 Å². The number of benzene rings is 1. The van der Waals surface area contributed by atoms with Gasteiger partial charge in [-0.15, -0.1) is 11.3 Å². The number of furan rings is 1. The van der Waals surface area contributed by atoms with E-state index in [1.54, 1.807) is 0 Å². The van der Waals surface area contributed by atoms with Crippen molar-refractivity contribution in [1.82, 2.24) is 0 Å². The van der Waals surface area contributed by atoms with Crippen molar-refractivity contribution < 1.29 is 9.52 Å². The van der Waals surface area contributed by atoms with Gasteiger partial charge in [0.15, 0.2) is 0 Å². The molecule has 2 aromatic heterocycles. The zero-order valence-corrected chi connectivity index (χ0v) is 12.1. The van der Waals surface area contributed by atoms with Crippen molar-refractivity contribution in [3.63, 3.8) is 0 Å². The molecule has 2 heterocycles. The normalized spacial score (nSPS) is 13.1. The van der Waals surface area contributed by atoms with Crippen LogP contribution < -0.4 is 0 Å². The molecule has 1 atom stereocenters. The highest BCUT2D eigenvalue weighted by Gasteiger charge is 2.19. The molecule has 4 heteroatoms. The quantitative estimate of drug-likeness (QED) is 0.745. The summed E-state index contributed by atoms with van der Waals surface area (Å²) in [6.07, 6.45) is -0.717. The molecule has 0 aliphatic carbocycles. The van der Waals surface area contributed by atoms with Crippen molar-refractivity contribution in [2.45, 2.75) is 13.0 Å². The molecule has 0 bridgehead atoms. The van der Waals surface area contributed by atoms with Crippen molar-refractivity contribution in [2.24, 2.45) is 0 Å². The van der Waals surface area contributed by atoms with Crippen LogP contribution in [0.25, 0.3) is 11.0 Å². The second-order valence-electron chi connectivity index (χ2n) is 4.18. The topological polar surface area (TPSA) is 33.4 Å². The summed E-state index contributed by atoms with van der Waals surface area (Å²) in [6, 6.07) is 9.81. The van der Waals surface area contributed by atoms with Gasteiger partial charge < -0.3 is 9.52 Å². The van der Waals surface area contributed by atoms with Crippen LogP contribution in [0.5, 0.6) is 0 Å². The van der Waals surface area contributed by atoms with Crippen molar-refractivity contribution in [3.05, 3.63) is 56.4 Å². The summed E-state index contributed by atoms with van der Waals surface area (Å²) < 4.78 is 6.69. The fourth-order valence-corrected chi connectivity index (χ4v) is 3.57. The van der Waals surface area contributed by atoms with Gasteiger partial charge in [-0.05, 0) is 45.9 Å². The van der Waals surface area contributed by atoms with E-state index < -0.39 is 6.10 Å². The van der Waals surface area contributed by atoms with E-state index in [0.29, 0.717) is 5.76 Å². The lowest BCUT2D eigenvalue weighted by Gasteiger charge is -2.05. The number of thiophene rings is 1. The molecule has 1 aromatic carbocycles. The third kappa shape index (κ3) is 1.90. The maximum absolute atomic E-state index is 10.3. The first-order valence-electron chi connectivity index (χ1n) is 5.57. The summed E-state index contributed by atoms with van der Waals surface area (Å²) >= 11 is 4.94. The molecule has 0 spiro atoms. The van der Waals surface area contributed by atoms with Gasteiger partial charge in [0.25, 0.3) is 0 Å². The van der Waals surface area contributed by atoms with Gasteiger partial charge in [-0.2, -0.15) is 0 Å². The number of halogens is 1. The first-order chi connectivity index (χ1) is 8.66. The minimum atomic E-state index is -0.717. The van der Waals surface area contributed by atoms with Crippen molar-refractivity contribution in [1.29, 1.82) is 0 Å². The van der Waals surface area contributed by atoms with E-state index in [1.165, 1.54) is 11.3 Å². The summed E-state index contributed by atoms with van der Waals surface area (Å²) in [6.45, 7) is 2.00. The Bertz CT molecular complexity index is 699. The Morgan fingerprint density at radius 2 is 2.17 bits per heavy atom. The number of fused-ring (bicyclic) bond motifs is 1. The van der Waals surface area contributed by atoms with Gasteiger partial charge in [0.2, 0.25) is 0 Å². The van der Waals surface area contributed by atoms with Crippen LogP contribution in [-0.2, 0) is 0 Å². The lowest BCUT2D eigenvalue weighted by atomic mass is 10.1. The molecule has 0 aliphatic heterocycles. The summed E-state index contributed by atoms with van der Waals surface area (Å²) in [5.41, 5.74) is 1.93. The van der Waals surface area contributed by atoms with Gasteiger partial charge in [0.1, 0.15) is 17.4 Å². The van der Waals surface area contributed by atoms with Gasteiger partial charge in [0, 0.05) is 9.86 Å². The maximum Gasteiger partial charge on any atom is 0.147 e. The number of hydrogen-bond donors (Lipinski definition) is 1. The highest BCUT2D eigenvalue weighted by atomic mass is 79.9. The molecule has 3 rings (SSSR count). The number of aryl methyl sites for hydroxylation is 1. The number of aliphatic hydroxyl groups excluding tert-OH is 1. The lowest BCUT2D eigenvalue weighted by Crippen LogP contribution is -1.95. The first kappa shape index (κ1) is 12.0. The zero-order chi connectivity index (χ0) is 12.7. The zero-order valence-electron chi connectivity index (χ0n) is 9.68. The number of para-hydroxylation sites is 1. The van der Waals surface area contributed by atoms with Gasteiger partial charge in [-0.3, -0.25) is 0 Å². The number of aliphatic hydroxyl groups is 1. The average molecular weight is 323 g/mol. The molecule has 0 radical (unpaired) electrons. The highest BCUT2D eigenvalue weighted by Crippen LogP contribution is 2.35. The molecular weight excluding hydrogens is 312 g/mol. The molecule has 3 aromatic rings. The summed E-state index contributed by atoms with van der Waals surface area (Å²) in [5.74, 6) is 0.586. The molecule has 0 amide bonds. The molecule has 1 N–H and O–H groups in total. The van der Waals surface area contributed by atoms with Crippen LogP contribution in [-0.4, -0.2) is 5.11 Å². The Labute approximate surface area is 117 Å². The second-order valence-corrected chi connectivity index (χ2v) is 5.98. The SMILES string of the molecule is Cc1cccc2cc(C(O)c3sccc3Br)oc12. The van der Waals surface area contributed by atoms with Crippen LogP contribution in [0.3, 0.4) is 0 Å². The van der Waals surface area contributed by atoms with E-state index in [4.69, 9.17) is 4.42 Å². The fourth-order valence-electron chi connectivity index (χ4n) is 1.99. The summed E-state index contributed by atoms with van der Waals surface area (Å²) in [5, 5.41) is 13.3. The Hall–Kier alpha value is -1.10. The molecule has 2 nitrogen and oxygen atoms in total. The predicted molar refractivity (Wildman–Crippen MR) is 77.0 cm³/mol. The van der Waals surface area contributed by atoms with E-state index >= 15 is 0 Å². The van der Waals surface area contributed by atoms with Gasteiger partial charge in [-0.25, -0.2) is 0 Å². The van der Waals surface area contributed by atoms with Crippen molar-refractivity contribution >= 4 is 38.2 Å². The van der Waals surface area contributed by atoms with Crippen LogP contribution in [0.1, 0.15) is 22.3 Å². The second kappa shape index (κ2) is 4.53. The van der Waals surface area contributed by atoms with Gasteiger partial charge in [-0.1, -0.05) is 18.2 Å². The van der Waals surface area contributed by atoms with E-state index in [1.807, 2.05) is 42.6 Å². The van der Waals surface area contributed by atoms with Gasteiger partial charge in [0.05, 0.1) is 4.88 Å². The van der Waals surface area contributed by atoms with Crippen molar-refractivity contribution in [2.75, 3.05) is 0 Å². The molecule has 18 heavy (non-hydrogen) atoms. The minimum absolute atomic E-state index is 0.586. The first-order valence-corrected chi connectivity index (χ1v) is 7.24. The smallest absolute Gasteiger partial charge is 0.147 e. The Morgan fingerprint density at radius 1 is 1.33 bits per heavy atom. The fraction of sp³-hybridized carbons (Fsp3) is 0.143. The lowest BCUT2D eigenvalue weighted by molar-refractivity contribution is 0.195. The minimum Gasteiger partial charge on any atom is -0.458 e. The average Bonchev–Trinajstić information content (AvgIpc) is 2.95. The molecule has 1 unspecified atom stereocenters. The Balaban J connectivity index is 2.10. The van der Waals surface area contributed by atoms with Crippen LogP contribution in [0.2, 0.25) is 0 Å². The van der Waals surface area contributed by atoms with Gasteiger partial charge >= 0.3 is 0 Å². The standard InChI is InChI=1S/C14H11BrO2S/c1-8-3-2-4-9-7-11(17-13(8)9)12(16)14-10(15)5-6-18-14/h2-7,12,16H,1H3. The third-order valence-corrected chi connectivity index (χ3v) is 4.85. The molecule has 0 saturated carbocycles. The van der Waals surface area contributed by atoms with E-state index in [9.17, 15) is 5.11 Å². The molecule has 0 aliphatic rings. The van der Waals surface area contributed by atoms with Crippen LogP contribution in [0.4, 0.5) is 0 Å². The van der Waals surface area contributed by atoms with Crippen LogP contribution >= 0.6 is 27.3 Å². The number of hydrogen-bond acceptors (Lipinski definition) is 3. The molecule has 92 valence electrons. The molecule has 0 saturated heterocycles. The summed E-state index contributed by atoms with van der Waals surface area (Å²) in [7, 11) is 0. The Morgan fingerprint density at radius 3 is 2.83 bits per heavy atom. The van der Waals surface area contributed by atoms with Crippen LogP contribution in [0.15, 0.2) is 44.6 Å². The Kier molecular flexibility index (Phi) is 3.01. The third-order valence-electron chi connectivity index (χ3n) is 2.92. The molecular formula is C14H11BrO2S.